The summed E-state index contributed by atoms with van der Waals surface area (Å²) >= 11 is 0. The van der Waals surface area contributed by atoms with Crippen molar-refractivity contribution in [1.29, 1.82) is 0 Å². The van der Waals surface area contributed by atoms with E-state index in [4.69, 9.17) is 5.11 Å². The normalized spacial score (nSPS) is 12.9. The summed E-state index contributed by atoms with van der Waals surface area (Å²) in [5, 5.41) is 8.59. The molecular weight excluding hydrogens is 292 g/mol. The van der Waals surface area contributed by atoms with Crippen LogP contribution in [0, 0.1) is 0 Å². The molecule has 0 aliphatic carbocycles. The summed E-state index contributed by atoms with van der Waals surface area (Å²) in [6.45, 7) is 1.53. The number of hydrogen-bond donors (Lipinski definition) is 1. The highest BCUT2D eigenvalue weighted by Gasteiger charge is 2.34. The first kappa shape index (κ1) is 17.0. The van der Waals surface area contributed by atoms with Crippen LogP contribution >= 0.6 is 0 Å². The maximum Gasteiger partial charge on any atom is 0.419 e. The second-order valence-electron chi connectivity index (χ2n) is 4.29. The summed E-state index contributed by atoms with van der Waals surface area (Å²) in [6, 6.07) is 3.31. The molecule has 1 aromatic rings. The van der Waals surface area contributed by atoms with E-state index in [9.17, 15) is 22.4 Å². The van der Waals surface area contributed by atoms with Crippen LogP contribution < -0.4 is 4.74 Å². The Bertz CT molecular complexity index is 562. The molecular formula is C14H14F4O3. The van der Waals surface area contributed by atoms with Gasteiger partial charge in [-0.2, -0.15) is 17.6 Å². The number of carboxylic acid groups (broad SMARTS) is 1. The minimum absolute atomic E-state index is 0.0687. The summed E-state index contributed by atoms with van der Waals surface area (Å²) in [4.78, 5) is 10.6. The van der Waals surface area contributed by atoms with Crippen molar-refractivity contribution < 1.29 is 32.2 Å². The van der Waals surface area contributed by atoms with Crippen LogP contribution in [0.4, 0.5) is 17.6 Å². The van der Waals surface area contributed by atoms with Crippen molar-refractivity contribution in [3.05, 3.63) is 40.7 Å². The standard InChI is InChI=1S/C14H14F4O3/c1-3-9(12(15)13(19)20)6-8-4-5-11(21-2)10(7-8)14(16,17)18/h4-5,7H,3,6H2,1-2H3,(H,19,20). The number of carbonyl (C=O) groups is 1. The molecule has 21 heavy (non-hydrogen) atoms. The number of rotatable bonds is 5. The Morgan fingerprint density at radius 1 is 1.33 bits per heavy atom. The molecule has 0 aliphatic heterocycles. The van der Waals surface area contributed by atoms with Crippen molar-refractivity contribution in [2.45, 2.75) is 25.9 Å². The number of carboxylic acids is 1. The van der Waals surface area contributed by atoms with Crippen molar-refractivity contribution >= 4 is 5.97 Å². The Morgan fingerprint density at radius 3 is 2.38 bits per heavy atom. The highest BCUT2D eigenvalue weighted by atomic mass is 19.4. The number of ether oxygens (including phenoxy) is 1. The zero-order valence-corrected chi connectivity index (χ0v) is 11.4. The van der Waals surface area contributed by atoms with Gasteiger partial charge in [-0.05, 0) is 36.1 Å². The first-order valence-corrected chi connectivity index (χ1v) is 6.05. The maximum absolute atomic E-state index is 13.4. The van der Waals surface area contributed by atoms with Gasteiger partial charge in [-0.3, -0.25) is 0 Å². The molecule has 0 heterocycles. The van der Waals surface area contributed by atoms with Crippen molar-refractivity contribution in [1.82, 2.24) is 0 Å². The van der Waals surface area contributed by atoms with Gasteiger partial charge < -0.3 is 9.84 Å². The van der Waals surface area contributed by atoms with Gasteiger partial charge in [0.05, 0.1) is 12.7 Å². The van der Waals surface area contributed by atoms with Gasteiger partial charge in [0.1, 0.15) is 5.75 Å². The number of benzene rings is 1. The minimum Gasteiger partial charge on any atom is -0.496 e. The predicted octanol–water partition coefficient (Wildman–Crippen LogP) is 3.97. The summed E-state index contributed by atoms with van der Waals surface area (Å²) < 4.78 is 56.6. The van der Waals surface area contributed by atoms with E-state index in [0.717, 1.165) is 19.2 Å². The molecule has 0 spiro atoms. The largest absolute Gasteiger partial charge is 0.496 e. The number of allylic oxidation sites excluding steroid dienone is 1. The molecule has 0 saturated heterocycles. The molecule has 7 heteroatoms. The maximum atomic E-state index is 13.4. The quantitative estimate of drug-likeness (QED) is 0.661. The lowest BCUT2D eigenvalue weighted by atomic mass is 9.99. The Kier molecular flexibility index (Phi) is 5.34. The van der Waals surface area contributed by atoms with Crippen LogP contribution in [0.25, 0.3) is 0 Å². The third-order valence-corrected chi connectivity index (χ3v) is 2.91. The zero-order chi connectivity index (χ0) is 16.2. The molecule has 0 unspecified atom stereocenters. The highest BCUT2D eigenvalue weighted by molar-refractivity contribution is 5.85. The lowest BCUT2D eigenvalue weighted by Gasteiger charge is -2.14. The number of methoxy groups -OCH3 is 1. The SMILES string of the molecule is CCC(Cc1ccc(OC)c(C(F)(F)F)c1)=C(F)C(=O)O. The monoisotopic (exact) mass is 306 g/mol. The molecule has 116 valence electrons. The Labute approximate surface area is 118 Å². The minimum atomic E-state index is -4.61. The van der Waals surface area contributed by atoms with Crippen LogP contribution in [-0.2, 0) is 17.4 Å². The third kappa shape index (κ3) is 4.21. The molecule has 1 N–H and O–H groups in total. The predicted molar refractivity (Wildman–Crippen MR) is 67.8 cm³/mol. The Hall–Kier alpha value is -2.05. The number of alkyl halides is 3. The van der Waals surface area contributed by atoms with Crippen LogP contribution in [0.15, 0.2) is 29.6 Å². The highest BCUT2D eigenvalue weighted by Crippen LogP contribution is 2.37. The Morgan fingerprint density at radius 2 is 1.95 bits per heavy atom. The molecule has 1 rings (SSSR count). The zero-order valence-electron chi connectivity index (χ0n) is 11.4. The van der Waals surface area contributed by atoms with Crippen molar-refractivity contribution in [3.8, 4) is 5.75 Å². The van der Waals surface area contributed by atoms with Gasteiger partial charge >= 0.3 is 12.1 Å². The van der Waals surface area contributed by atoms with E-state index >= 15 is 0 Å². The Balaban J connectivity index is 3.22. The number of hydrogen-bond acceptors (Lipinski definition) is 2. The molecule has 0 bridgehead atoms. The second-order valence-corrected chi connectivity index (χ2v) is 4.29. The van der Waals surface area contributed by atoms with Crippen LogP contribution in [0.1, 0.15) is 24.5 Å². The van der Waals surface area contributed by atoms with Crippen LogP contribution in [-0.4, -0.2) is 18.2 Å². The molecule has 0 radical (unpaired) electrons. The number of aliphatic carboxylic acids is 1. The summed E-state index contributed by atoms with van der Waals surface area (Å²) in [5.41, 5.74) is -0.883. The lowest BCUT2D eigenvalue weighted by Crippen LogP contribution is -2.09. The first-order valence-electron chi connectivity index (χ1n) is 6.05. The van der Waals surface area contributed by atoms with E-state index in [1.807, 2.05) is 0 Å². The van der Waals surface area contributed by atoms with E-state index in [0.29, 0.717) is 0 Å². The van der Waals surface area contributed by atoms with E-state index in [1.54, 1.807) is 0 Å². The molecule has 3 nitrogen and oxygen atoms in total. The lowest BCUT2D eigenvalue weighted by molar-refractivity contribution is -0.139. The molecule has 0 aromatic heterocycles. The molecule has 0 aliphatic rings. The average molecular weight is 306 g/mol. The van der Waals surface area contributed by atoms with Crippen LogP contribution in [0.3, 0.4) is 0 Å². The molecule has 0 saturated carbocycles. The van der Waals surface area contributed by atoms with Crippen LogP contribution in [0.5, 0.6) is 5.75 Å². The third-order valence-electron chi connectivity index (χ3n) is 2.91. The van der Waals surface area contributed by atoms with Gasteiger partial charge in [-0.15, -0.1) is 0 Å². The van der Waals surface area contributed by atoms with E-state index in [1.165, 1.54) is 13.0 Å². The van der Waals surface area contributed by atoms with E-state index in [2.05, 4.69) is 4.74 Å². The van der Waals surface area contributed by atoms with Crippen molar-refractivity contribution in [2.24, 2.45) is 0 Å². The van der Waals surface area contributed by atoms with Gasteiger partial charge in [0.2, 0.25) is 5.83 Å². The van der Waals surface area contributed by atoms with Gasteiger partial charge in [-0.25, -0.2) is 4.79 Å². The fraction of sp³-hybridized carbons (Fsp3) is 0.357. The molecule has 0 atom stereocenters. The fourth-order valence-corrected chi connectivity index (χ4v) is 1.84. The van der Waals surface area contributed by atoms with E-state index in [-0.39, 0.29) is 29.7 Å². The smallest absolute Gasteiger partial charge is 0.419 e. The van der Waals surface area contributed by atoms with E-state index < -0.39 is 23.5 Å². The second kappa shape index (κ2) is 6.60. The first-order chi connectivity index (χ1) is 9.70. The topological polar surface area (TPSA) is 46.5 Å². The van der Waals surface area contributed by atoms with Crippen molar-refractivity contribution in [2.75, 3.05) is 7.11 Å². The summed E-state index contributed by atoms with van der Waals surface area (Å²) in [5.74, 6) is -3.40. The number of halogens is 4. The van der Waals surface area contributed by atoms with Gasteiger partial charge in [0.25, 0.3) is 0 Å². The van der Waals surface area contributed by atoms with Gasteiger partial charge in [0, 0.05) is 0 Å². The molecule has 1 aromatic carbocycles. The van der Waals surface area contributed by atoms with Crippen molar-refractivity contribution in [3.63, 3.8) is 0 Å². The molecule has 0 amide bonds. The molecule has 0 fully saturated rings. The van der Waals surface area contributed by atoms with Gasteiger partial charge in [-0.1, -0.05) is 13.0 Å². The van der Waals surface area contributed by atoms with Crippen LogP contribution in [0.2, 0.25) is 0 Å². The fourth-order valence-electron chi connectivity index (χ4n) is 1.84. The summed E-state index contributed by atoms with van der Waals surface area (Å²) in [6.07, 6.45) is -4.73. The summed E-state index contributed by atoms with van der Waals surface area (Å²) in [7, 11) is 1.12. The van der Waals surface area contributed by atoms with Gasteiger partial charge in [0.15, 0.2) is 0 Å². The average Bonchev–Trinajstić information content (AvgIpc) is 2.42.